The van der Waals surface area contributed by atoms with Crippen molar-refractivity contribution in [1.82, 2.24) is 0 Å². The van der Waals surface area contributed by atoms with E-state index in [2.05, 4.69) is 15.9 Å². The highest BCUT2D eigenvalue weighted by molar-refractivity contribution is 9.10. The zero-order valence-corrected chi connectivity index (χ0v) is 12.0. The average Bonchev–Trinajstić information content (AvgIpc) is 2.28. The van der Waals surface area contributed by atoms with Crippen LogP contribution in [-0.2, 0) is 0 Å². The molecular weight excluding hydrogens is 293 g/mol. The Morgan fingerprint density at radius 3 is 2.28 bits per heavy atom. The third kappa shape index (κ3) is 2.62. The Morgan fingerprint density at radius 1 is 1.11 bits per heavy atom. The van der Waals surface area contributed by atoms with Gasteiger partial charge in [0.25, 0.3) is 0 Å². The predicted molar refractivity (Wildman–Crippen MR) is 76.0 cm³/mol. The molecule has 94 valence electrons. The Balaban J connectivity index is 2.46. The van der Waals surface area contributed by atoms with Gasteiger partial charge in [0.2, 0.25) is 0 Å². The van der Waals surface area contributed by atoms with Crippen molar-refractivity contribution in [2.75, 3.05) is 0 Å². The van der Waals surface area contributed by atoms with Crippen LogP contribution in [0.1, 0.15) is 28.3 Å². The molecule has 0 fully saturated rings. The van der Waals surface area contributed by atoms with Crippen LogP contribution in [0.3, 0.4) is 0 Å². The van der Waals surface area contributed by atoms with Crippen LogP contribution in [-0.4, -0.2) is 0 Å². The summed E-state index contributed by atoms with van der Waals surface area (Å²) in [6.45, 7) is 3.77. The molecule has 0 bridgehead atoms. The second-order valence-electron chi connectivity index (χ2n) is 4.51. The van der Waals surface area contributed by atoms with Crippen LogP contribution in [0.4, 0.5) is 4.39 Å². The molecule has 3 heteroatoms. The molecule has 0 radical (unpaired) electrons. The van der Waals surface area contributed by atoms with Gasteiger partial charge in [0, 0.05) is 10.0 Å². The van der Waals surface area contributed by atoms with Crippen LogP contribution in [0.25, 0.3) is 0 Å². The number of aryl methyl sites for hydroxylation is 2. The quantitative estimate of drug-likeness (QED) is 0.881. The lowest BCUT2D eigenvalue weighted by Gasteiger charge is -2.17. The fourth-order valence-electron chi connectivity index (χ4n) is 2.16. The van der Waals surface area contributed by atoms with Gasteiger partial charge >= 0.3 is 0 Å². The summed E-state index contributed by atoms with van der Waals surface area (Å²) in [5.74, 6) is -0.233. The number of hydrogen-bond donors (Lipinski definition) is 1. The van der Waals surface area contributed by atoms with E-state index >= 15 is 0 Å². The molecule has 0 aliphatic rings. The van der Waals surface area contributed by atoms with E-state index in [9.17, 15) is 4.39 Å². The lowest BCUT2D eigenvalue weighted by molar-refractivity contribution is 0.596. The van der Waals surface area contributed by atoms with Crippen LogP contribution in [0.5, 0.6) is 0 Å². The van der Waals surface area contributed by atoms with Crippen LogP contribution >= 0.6 is 15.9 Å². The molecule has 0 aromatic heterocycles. The second kappa shape index (κ2) is 5.21. The first-order valence-electron chi connectivity index (χ1n) is 5.76. The summed E-state index contributed by atoms with van der Waals surface area (Å²) in [5, 5.41) is 0. The zero-order chi connectivity index (χ0) is 13.3. The normalized spacial score (nSPS) is 12.5. The molecule has 1 unspecified atom stereocenters. The minimum Gasteiger partial charge on any atom is -0.320 e. The Bertz CT molecular complexity index is 540. The first kappa shape index (κ1) is 13.2. The van der Waals surface area contributed by atoms with E-state index in [1.165, 1.54) is 6.07 Å². The van der Waals surface area contributed by atoms with Gasteiger partial charge in [-0.1, -0.05) is 34.1 Å². The minimum atomic E-state index is -0.432. The molecule has 1 atom stereocenters. The molecule has 18 heavy (non-hydrogen) atoms. The van der Waals surface area contributed by atoms with Crippen molar-refractivity contribution in [1.29, 1.82) is 0 Å². The third-order valence-electron chi connectivity index (χ3n) is 3.02. The van der Waals surface area contributed by atoms with E-state index in [1.54, 1.807) is 0 Å². The number of benzene rings is 2. The average molecular weight is 308 g/mol. The summed E-state index contributed by atoms with van der Waals surface area (Å²) >= 11 is 3.37. The number of nitrogens with two attached hydrogens (primary N) is 1. The zero-order valence-electron chi connectivity index (χ0n) is 10.4. The Hall–Kier alpha value is -1.19. The van der Waals surface area contributed by atoms with Crippen molar-refractivity contribution in [2.24, 2.45) is 5.73 Å². The number of rotatable bonds is 2. The summed E-state index contributed by atoms with van der Waals surface area (Å²) in [6.07, 6.45) is 0. The molecular formula is C15H15BrFN. The fourth-order valence-corrected chi connectivity index (χ4v) is 2.42. The monoisotopic (exact) mass is 307 g/mol. The van der Waals surface area contributed by atoms with E-state index in [4.69, 9.17) is 5.73 Å². The first-order chi connectivity index (χ1) is 8.49. The highest BCUT2D eigenvalue weighted by Crippen LogP contribution is 2.27. The SMILES string of the molecule is Cc1cc(C)c(C(N)c2ccc(Br)cc2)c(F)c1. The number of halogens is 2. The van der Waals surface area contributed by atoms with Crippen molar-refractivity contribution in [3.63, 3.8) is 0 Å². The van der Waals surface area contributed by atoms with Gasteiger partial charge in [-0.2, -0.15) is 0 Å². The van der Waals surface area contributed by atoms with Crippen molar-refractivity contribution >= 4 is 15.9 Å². The summed E-state index contributed by atoms with van der Waals surface area (Å²) in [4.78, 5) is 0. The van der Waals surface area contributed by atoms with Crippen LogP contribution < -0.4 is 5.73 Å². The van der Waals surface area contributed by atoms with Crippen molar-refractivity contribution < 1.29 is 4.39 Å². The molecule has 2 aromatic rings. The van der Waals surface area contributed by atoms with Gasteiger partial charge in [0.05, 0.1) is 6.04 Å². The summed E-state index contributed by atoms with van der Waals surface area (Å²) < 4.78 is 15.0. The van der Waals surface area contributed by atoms with Crippen LogP contribution in [0.2, 0.25) is 0 Å². The molecule has 0 heterocycles. The molecule has 2 rings (SSSR count). The van der Waals surface area contributed by atoms with E-state index in [1.807, 2.05) is 44.2 Å². The van der Waals surface area contributed by atoms with Crippen molar-refractivity contribution in [2.45, 2.75) is 19.9 Å². The van der Waals surface area contributed by atoms with E-state index in [-0.39, 0.29) is 5.82 Å². The second-order valence-corrected chi connectivity index (χ2v) is 5.42. The Kier molecular flexibility index (Phi) is 3.83. The van der Waals surface area contributed by atoms with Crippen molar-refractivity contribution in [3.05, 3.63) is 68.9 Å². The highest BCUT2D eigenvalue weighted by Gasteiger charge is 2.16. The molecule has 0 aliphatic heterocycles. The van der Waals surface area contributed by atoms with Crippen molar-refractivity contribution in [3.8, 4) is 0 Å². The molecule has 2 N–H and O–H groups in total. The van der Waals surface area contributed by atoms with Gasteiger partial charge in [-0.15, -0.1) is 0 Å². The van der Waals surface area contributed by atoms with Gasteiger partial charge in [0.15, 0.2) is 0 Å². The number of hydrogen-bond acceptors (Lipinski definition) is 1. The standard InChI is InChI=1S/C15H15BrFN/c1-9-7-10(2)14(13(17)8-9)15(18)11-3-5-12(16)6-4-11/h3-8,15H,18H2,1-2H3. The maximum atomic E-state index is 14.0. The summed E-state index contributed by atoms with van der Waals surface area (Å²) in [6, 6.07) is 10.7. The Labute approximate surface area is 115 Å². The van der Waals surface area contributed by atoms with Gasteiger partial charge in [-0.25, -0.2) is 4.39 Å². The molecule has 0 saturated heterocycles. The van der Waals surface area contributed by atoms with E-state index in [0.717, 1.165) is 21.2 Å². The molecule has 1 nitrogen and oxygen atoms in total. The summed E-state index contributed by atoms with van der Waals surface area (Å²) in [5.41, 5.74) is 9.45. The highest BCUT2D eigenvalue weighted by atomic mass is 79.9. The van der Waals surface area contributed by atoms with Gasteiger partial charge < -0.3 is 5.73 Å². The third-order valence-corrected chi connectivity index (χ3v) is 3.55. The summed E-state index contributed by atoms with van der Waals surface area (Å²) in [7, 11) is 0. The smallest absolute Gasteiger partial charge is 0.128 e. The minimum absolute atomic E-state index is 0.233. The lowest BCUT2D eigenvalue weighted by atomic mass is 9.94. The predicted octanol–water partition coefficient (Wildman–Crippen LogP) is 4.25. The molecule has 0 aliphatic carbocycles. The van der Waals surface area contributed by atoms with Gasteiger partial charge in [0.1, 0.15) is 5.82 Å². The first-order valence-corrected chi connectivity index (χ1v) is 6.56. The molecule has 0 spiro atoms. The van der Waals surface area contributed by atoms with Gasteiger partial charge in [-0.05, 0) is 48.7 Å². The van der Waals surface area contributed by atoms with Crippen LogP contribution in [0.15, 0.2) is 40.9 Å². The molecule has 0 amide bonds. The maximum Gasteiger partial charge on any atom is 0.128 e. The molecule has 2 aromatic carbocycles. The van der Waals surface area contributed by atoms with E-state index in [0.29, 0.717) is 5.56 Å². The van der Waals surface area contributed by atoms with Crippen LogP contribution in [0, 0.1) is 19.7 Å². The maximum absolute atomic E-state index is 14.0. The molecule has 0 saturated carbocycles. The van der Waals surface area contributed by atoms with E-state index < -0.39 is 6.04 Å². The Morgan fingerprint density at radius 2 is 1.72 bits per heavy atom. The lowest BCUT2D eigenvalue weighted by Crippen LogP contribution is -2.15. The fraction of sp³-hybridized carbons (Fsp3) is 0.200. The van der Waals surface area contributed by atoms with Gasteiger partial charge in [-0.3, -0.25) is 0 Å². The largest absolute Gasteiger partial charge is 0.320 e. The topological polar surface area (TPSA) is 26.0 Å².